The van der Waals surface area contributed by atoms with Crippen molar-refractivity contribution in [1.29, 1.82) is 0 Å². The second kappa shape index (κ2) is 7.60. The van der Waals surface area contributed by atoms with Gasteiger partial charge in [0.2, 0.25) is 0 Å². The van der Waals surface area contributed by atoms with Crippen LogP contribution < -0.4 is 10.5 Å². The van der Waals surface area contributed by atoms with Crippen LogP contribution in [-0.2, 0) is 11.3 Å². The van der Waals surface area contributed by atoms with Crippen LogP contribution >= 0.6 is 0 Å². The Bertz CT molecular complexity index is 572. The number of nitrogens with one attached hydrogen (secondary N) is 1. The number of hydrogen-bond acceptors (Lipinski definition) is 3. The van der Waals surface area contributed by atoms with Crippen molar-refractivity contribution in [2.24, 2.45) is 5.92 Å². The van der Waals surface area contributed by atoms with Gasteiger partial charge < -0.3 is 19.3 Å². The number of pyridine rings is 1. The summed E-state index contributed by atoms with van der Waals surface area (Å²) in [5.41, 5.74) is 1.31. The fraction of sp³-hybridized carbons (Fsp3) is 0.722. The maximum absolute atomic E-state index is 12.0. The summed E-state index contributed by atoms with van der Waals surface area (Å²) in [6, 6.07) is 5.63. The zero-order valence-electron chi connectivity index (χ0n) is 14.0. The van der Waals surface area contributed by atoms with E-state index in [1.54, 1.807) is 6.07 Å². The molecule has 0 saturated carbocycles. The Hall–Kier alpha value is -1.17. The third-order valence-corrected chi connectivity index (χ3v) is 5.15. The summed E-state index contributed by atoms with van der Waals surface area (Å²) < 4.78 is 7.49. The molecular weight excluding hydrogens is 292 g/mol. The minimum absolute atomic E-state index is 0.130. The monoisotopic (exact) mass is 321 g/mol. The van der Waals surface area contributed by atoms with E-state index in [0.717, 1.165) is 45.6 Å². The summed E-state index contributed by atoms with van der Waals surface area (Å²) >= 11 is 0. The smallest absolute Gasteiger partial charge is 0.250 e. The van der Waals surface area contributed by atoms with Gasteiger partial charge in [-0.15, -0.1) is 0 Å². The van der Waals surface area contributed by atoms with Crippen molar-refractivity contribution in [3.63, 3.8) is 0 Å². The van der Waals surface area contributed by atoms with Crippen molar-refractivity contribution in [3.05, 3.63) is 34.2 Å². The lowest BCUT2D eigenvalue weighted by atomic mass is 9.83. The maximum Gasteiger partial charge on any atom is 0.250 e. The average molecular weight is 321 g/mol. The Morgan fingerprint density at radius 2 is 2.30 bits per heavy atom. The van der Waals surface area contributed by atoms with Crippen LogP contribution in [0.5, 0.6) is 0 Å². The second-order valence-electron chi connectivity index (χ2n) is 7.14. The molecule has 0 radical (unpaired) electrons. The second-order valence-corrected chi connectivity index (χ2v) is 7.14. The minimum atomic E-state index is -0.390. The van der Waals surface area contributed by atoms with Crippen LogP contribution in [0.1, 0.15) is 37.8 Å². The molecule has 23 heavy (non-hydrogen) atoms. The van der Waals surface area contributed by atoms with Crippen LogP contribution in [-0.4, -0.2) is 48.6 Å². The first-order valence-electron chi connectivity index (χ1n) is 8.96. The van der Waals surface area contributed by atoms with Gasteiger partial charge in [-0.1, -0.05) is 19.4 Å². The Morgan fingerprint density at radius 1 is 1.43 bits per heavy atom. The van der Waals surface area contributed by atoms with Crippen molar-refractivity contribution < 1.29 is 14.7 Å². The molecule has 3 rings (SSSR count). The standard InChI is InChI=1S/C18H28N2O3/c1-2-3-7-23-13-16(21)12-19-9-14-8-15(11-19)17-5-4-6-18(22)20(17)10-14/h4-6,14-16,21H,2-3,7-13H2,1H3/p+1/t14-,15+,16+/m0/s1. The number of ether oxygens (including phenoxy) is 1. The molecule has 2 aliphatic rings. The summed E-state index contributed by atoms with van der Waals surface area (Å²) in [4.78, 5) is 13.5. The number of hydrogen-bond donors (Lipinski definition) is 2. The van der Waals surface area contributed by atoms with Gasteiger partial charge in [-0.25, -0.2) is 0 Å². The molecule has 1 aromatic rings. The number of aromatic nitrogens is 1. The van der Waals surface area contributed by atoms with Crippen molar-refractivity contribution in [2.45, 2.75) is 44.8 Å². The molecule has 1 unspecified atom stereocenters. The molecule has 2 bridgehead atoms. The molecule has 3 heterocycles. The van der Waals surface area contributed by atoms with Crippen LogP contribution in [0.3, 0.4) is 0 Å². The van der Waals surface area contributed by atoms with Crippen LogP contribution in [0.25, 0.3) is 0 Å². The number of piperidine rings is 1. The van der Waals surface area contributed by atoms with Crippen molar-refractivity contribution in [3.8, 4) is 0 Å². The summed E-state index contributed by atoms with van der Waals surface area (Å²) in [5, 5.41) is 10.2. The minimum Gasteiger partial charge on any atom is -0.385 e. The molecule has 2 aliphatic heterocycles. The number of likely N-dealkylation sites (tertiary alicyclic amines) is 1. The summed E-state index contributed by atoms with van der Waals surface area (Å²) in [6.45, 7) is 6.95. The molecule has 1 aromatic heterocycles. The predicted molar refractivity (Wildman–Crippen MR) is 88.8 cm³/mol. The maximum atomic E-state index is 12.0. The molecule has 0 spiro atoms. The lowest BCUT2D eigenvalue weighted by Crippen LogP contribution is -3.15. The number of aliphatic hydroxyl groups is 1. The quantitative estimate of drug-likeness (QED) is 0.697. The van der Waals surface area contributed by atoms with Crippen LogP contribution in [0.15, 0.2) is 23.0 Å². The molecule has 5 heteroatoms. The molecule has 128 valence electrons. The van der Waals surface area contributed by atoms with E-state index in [1.807, 2.05) is 10.6 Å². The molecular formula is C18H29N2O3+. The van der Waals surface area contributed by atoms with Gasteiger partial charge in [0.05, 0.1) is 19.7 Å². The number of fused-ring (bicyclic) bond motifs is 4. The van der Waals surface area contributed by atoms with Gasteiger partial charge in [0.25, 0.3) is 5.56 Å². The highest BCUT2D eigenvalue weighted by Crippen LogP contribution is 2.29. The van der Waals surface area contributed by atoms with Crippen molar-refractivity contribution in [2.75, 3.05) is 32.8 Å². The van der Waals surface area contributed by atoms with E-state index in [2.05, 4.69) is 13.0 Å². The predicted octanol–water partition coefficient (Wildman–Crippen LogP) is 0.0279. The molecule has 2 N–H and O–H groups in total. The van der Waals surface area contributed by atoms with Gasteiger partial charge in [-0.05, 0) is 18.9 Å². The van der Waals surface area contributed by atoms with Crippen LogP contribution in [0.4, 0.5) is 0 Å². The summed E-state index contributed by atoms with van der Waals surface area (Å²) in [7, 11) is 0. The molecule has 1 saturated heterocycles. The van der Waals surface area contributed by atoms with E-state index in [4.69, 9.17) is 4.74 Å². The topological polar surface area (TPSA) is 55.9 Å². The van der Waals surface area contributed by atoms with E-state index >= 15 is 0 Å². The Morgan fingerprint density at radius 3 is 3.13 bits per heavy atom. The lowest BCUT2D eigenvalue weighted by Gasteiger charge is -2.40. The van der Waals surface area contributed by atoms with E-state index in [0.29, 0.717) is 18.4 Å². The van der Waals surface area contributed by atoms with Crippen molar-refractivity contribution >= 4 is 0 Å². The van der Waals surface area contributed by atoms with Gasteiger partial charge in [-0.3, -0.25) is 4.79 Å². The van der Waals surface area contributed by atoms with Gasteiger partial charge in [0.1, 0.15) is 12.6 Å². The van der Waals surface area contributed by atoms with Crippen LogP contribution in [0.2, 0.25) is 0 Å². The first kappa shape index (κ1) is 16.7. The number of unbranched alkanes of at least 4 members (excludes halogenated alkanes) is 1. The Balaban J connectivity index is 1.56. The van der Waals surface area contributed by atoms with Crippen LogP contribution in [0, 0.1) is 5.92 Å². The van der Waals surface area contributed by atoms with Gasteiger partial charge >= 0.3 is 0 Å². The molecule has 1 fully saturated rings. The molecule has 0 amide bonds. The average Bonchev–Trinajstić information content (AvgIpc) is 2.53. The molecule has 5 nitrogen and oxygen atoms in total. The number of rotatable bonds is 7. The zero-order chi connectivity index (χ0) is 16.2. The first-order valence-corrected chi connectivity index (χ1v) is 8.96. The molecule has 4 atom stereocenters. The lowest BCUT2D eigenvalue weighted by molar-refractivity contribution is -0.914. The Labute approximate surface area is 137 Å². The van der Waals surface area contributed by atoms with Gasteiger partial charge in [0.15, 0.2) is 0 Å². The third kappa shape index (κ3) is 4.03. The van der Waals surface area contributed by atoms with E-state index in [9.17, 15) is 9.90 Å². The molecule has 0 aliphatic carbocycles. The fourth-order valence-corrected chi connectivity index (χ4v) is 4.14. The normalized spacial score (nSPS) is 27.5. The fourth-order valence-electron chi connectivity index (χ4n) is 4.14. The summed E-state index contributed by atoms with van der Waals surface area (Å²) in [5.74, 6) is 0.990. The Kier molecular flexibility index (Phi) is 5.51. The highest BCUT2D eigenvalue weighted by Gasteiger charge is 2.37. The number of quaternary nitrogens is 1. The third-order valence-electron chi connectivity index (χ3n) is 5.15. The van der Waals surface area contributed by atoms with Gasteiger partial charge in [0, 0.05) is 36.7 Å². The highest BCUT2D eigenvalue weighted by atomic mass is 16.5. The number of nitrogens with zero attached hydrogens (tertiary/aromatic N) is 1. The molecule has 0 aromatic carbocycles. The van der Waals surface area contributed by atoms with Crippen molar-refractivity contribution in [1.82, 2.24) is 4.57 Å². The highest BCUT2D eigenvalue weighted by molar-refractivity contribution is 5.15. The number of aliphatic hydroxyl groups excluding tert-OH is 1. The van der Waals surface area contributed by atoms with Gasteiger partial charge in [-0.2, -0.15) is 0 Å². The van der Waals surface area contributed by atoms with E-state index in [-0.39, 0.29) is 5.56 Å². The van der Waals surface area contributed by atoms with E-state index in [1.165, 1.54) is 17.0 Å². The largest absolute Gasteiger partial charge is 0.385 e. The summed E-state index contributed by atoms with van der Waals surface area (Å²) in [6.07, 6.45) is 2.96. The zero-order valence-corrected chi connectivity index (χ0v) is 14.0. The SMILES string of the molecule is CCCCOC[C@H](O)C[NH+]1C[C@@H]2C[C@H](C1)c1cccc(=O)n1C2. The first-order chi connectivity index (χ1) is 11.2. The van der Waals surface area contributed by atoms with E-state index < -0.39 is 6.10 Å².